The summed E-state index contributed by atoms with van der Waals surface area (Å²) in [5.74, 6) is 1.06. The van der Waals surface area contributed by atoms with Crippen LogP contribution in [0.5, 0.6) is 17.2 Å². The first-order chi connectivity index (χ1) is 14.1. The SMILES string of the molecule is CCCCCOc1ccc(OC(=O)C=Cc2ccc(OC(=O)OCC)cc2)cc1. The molecule has 0 amide bonds. The second-order valence-electron chi connectivity index (χ2n) is 6.14. The van der Waals surface area contributed by atoms with Gasteiger partial charge >= 0.3 is 12.1 Å². The van der Waals surface area contributed by atoms with Gasteiger partial charge in [-0.05, 0) is 61.4 Å². The Balaban J connectivity index is 1.80. The second kappa shape index (κ2) is 12.2. The molecule has 0 saturated carbocycles. The van der Waals surface area contributed by atoms with Crippen LogP contribution in [0.2, 0.25) is 0 Å². The summed E-state index contributed by atoms with van der Waals surface area (Å²) < 4.78 is 20.6. The Hall–Kier alpha value is -3.28. The first-order valence-corrected chi connectivity index (χ1v) is 9.68. The van der Waals surface area contributed by atoms with Crippen molar-refractivity contribution >= 4 is 18.2 Å². The molecule has 0 spiro atoms. The van der Waals surface area contributed by atoms with Gasteiger partial charge in [0.2, 0.25) is 0 Å². The Labute approximate surface area is 171 Å². The van der Waals surface area contributed by atoms with Crippen LogP contribution < -0.4 is 14.2 Å². The third kappa shape index (κ3) is 8.51. The molecule has 2 rings (SSSR count). The zero-order valence-corrected chi connectivity index (χ0v) is 16.8. The van der Waals surface area contributed by atoms with E-state index in [4.69, 9.17) is 18.9 Å². The molecule has 29 heavy (non-hydrogen) atoms. The van der Waals surface area contributed by atoms with Crippen molar-refractivity contribution in [1.82, 2.24) is 0 Å². The molecule has 6 nitrogen and oxygen atoms in total. The minimum Gasteiger partial charge on any atom is -0.494 e. The summed E-state index contributed by atoms with van der Waals surface area (Å²) in [4.78, 5) is 23.2. The van der Waals surface area contributed by atoms with Crippen LogP contribution in [-0.2, 0) is 9.53 Å². The predicted molar refractivity (Wildman–Crippen MR) is 110 cm³/mol. The maximum atomic E-state index is 12.0. The highest BCUT2D eigenvalue weighted by Gasteiger charge is 2.05. The molecule has 0 aliphatic heterocycles. The van der Waals surface area contributed by atoms with Gasteiger partial charge in [0, 0.05) is 6.08 Å². The normalized spacial score (nSPS) is 10.6. The van der Waals surface area contributed by atoms with Crippen LogP contribution in [0, 0.1) is 0 Å². The van der Waals surface area contributed by atoms with Crippen molar-refractivity contribution in [2.75, 3.05) is 13.2 Å². The monoisotopic (exact) mass is 398 g/mol. The van der Waals surface area contributed by atoms with Crippen LogP contribution in [0.25, 0.3) is 6.08 Å². The second-order valence-corrected chi connectivity index (χ2v) is 6.14. The van der Waals surface area contributed by atoms with Gasteiger partial charge in [0.05, 0.1) is 13.2 Å². The average molecular weight is 398 g/mol. The third-order valence-electron chi connectivity index (χ3n) is 3.81. The molecule has 2 aromatic rings. The zero-order valence-electron chi connectivity index (χ0n) is 16.8. The fraction of sp³-hybridized carbons (Fsp3) is 0.304. The largest absolute Gasteiger partial charge is 0.513 e. The van der Waals surface area contributed by atoms with E-state index in [9.17, 15) is 9.59 Å². The third-order valence-corrected chi connectivity index (χ3v) is 3.81. The zero-order chi connectivity index (χ0) is 20.9. The van der Waals surface area contributed by atoms with Crippen LogP contribution in [-0.4, -0.2) is 25.3 Å². The Morgan fingerprint density at radius 1 is 0.828 bits per heavy atom. The first kappa shape index (κ1) is 22.0. The smallest absolute Gasteiger partial charge is 0.494 e. The number of hydrogen-bond donors (Lipinski definition) is 0. The quantitative estimate of drug-likeness (QED) is 0.175. The fourth-order valence-corrected chi connectivity index (χ4v) is 2.35. The summed E-state index contributed by atoms with van der Waals surface area (Å²) in [5, 5.41) is 0. The highest BCUT2D eigenvalue weighted by molar-refractivity contribution is 5.88. The first-order valence-electron chi connectivity index (χ1n) is 9.68. The molecule has 0 bridgehead atoms. The van der Waals surface area contributed by atoms with Crippen molar-refractivity contribution in [3.05, 3.63) is 60.2 Å². The average Bonchev–Trinajstić information content (AvgIpc) is 2.72. The van der Waals surface area contributed by atoms with E-state index in [0.717, 1.165) is 30.6 Å². The highest BCUT2D eigenvalue weighted by atomic mass is 16.7. The molecular weight excluding hydrogens is 372 g/mol. The summed E-state index contributed by atoms with van der Waals surface area (Å²) >= 11 is 0. The van der Waals surface area contributed by atoms with E-state index in [0.29, 0.717) is 18.1 Å². The molecule has 0 radical (unpaired) electrons. The molecule has 0 saturated heterocycles. The number of hydrogen-bond acceptors (Lipinski definition) is 6. The lowest BCUT2D eigenvalue weighted by molar-refractivity contribution is -0.128. The summed E-state index contributed by atoms with van der Waals surface area (Å²) in [6, 6.07) is 13.6. The van der Waals surface area contributed by atoms with Crippen molar-refractivity contribution in [3.8, 4) is 17.2 Å². The summed E-state index contributed by atoms with van der Waals surface area (Å²) in [7, 11) is 0. The molecule has 0 aliphatic rings. The summed E-state index contributed by atoms with van der Waals surface area (Å²) in [5.41, 5.74) is 0.758. The number of carbonyl (C=O) groups excluding carboxylic acids is 2. The molecule has 154 valence electrons. The lowest BCUT2D eigenvalue weighted by Crippen LogP contribution is -2.09. The van der Waals surface area contributed by atoms with E-state index in [2.05, 4.69) is 6.92 Å². The fourth-order valence-electron chi connectivity index (χ4n) is 2.35. The standard InChI is InChI=1S/C23H26O6/c1-3-5-6-17-27-19-12-14-20(15-13-19)28-22(24)16-9-18-7-10-21(11-8-18)29-23(25)26-4-2/h7-16H,3-6,17H2,1-2H3. The molecule has 0 aliphatic carbocycles. The summed E-state index contributed by atoms with van der Waals surface area (Å²) in [6.07, 6.45) is 5.50. The van der Waals surface area contributed by atoms with Crippen molar-refractivity contribution in [2.24, 2.45) is 0 Å². The van der Waals surface area contributed by atoms with E-state index in [-0.39, 0.29) is 6.61 Å². The molecule has 0 fully saturated rings. The molecule has 6 heteroatoms. The van der Waals surface area contributed by atoms with Gasteiger partial charge in [-0.15, -0.1) is 0 Å². The molecule has 0 aromatic heterocycles. The molecule has 0 N–H and O–H groups in total. The maximum Gasteiger partial charge on any atom is 0.513 e. The summed E-state index contributed by atoms with van der Waals surface area (Å²) in [6.45, 7) is 4.77. The minimum absolute atomic E-state index is 0.247. The van der Waals surface area contributed by atoms with Crippen molar-refractivity contribution in [3.63, 3.8) is 0 Å². The van der Waals surface area contributed by atoms with Crippen LogP contribution in [0.15, 0.2) is 54.6 Å². The number of esters is 1. The number of benzene rings is 2. The molecule has 2 aromatic carbocycles. The van der Waals surface area contributed by atoms with Gasteiger partial charge < -0.3 is 18.9 Å². The van der Waals surface area contributed by atoms with Gasteiger partial charge in [0.15, 0.2) is 0 Å². The molecule has 0 atom stereocenters. The Bertz CT molecular complexity index is 793. The van der Waals surface area contributed by atoms with Crippen molar-refractivity contribution in [1.29, 1.82) is 0 Å². The number of rotatable bonds is 10. The highest BCUT2D eigenvalue weighted by Crippen LogP contribution is 2.19. The van der Waals surface area contributed by atoms with E-state index < -0.39 is 12.1 Å². The van der Waals surface area contributed by atoms with Gasteiger partial charge in [0.1, 0.15) is 17.2 Å². The lowest BCUT2D eigenvalue weighted by Gasteiger charge is -2.06. The minimum atomic E-state index is -0.753. The lowest BCUT2D eigenvalue weighted by atomic mass is 10.2. The molecule has 0 heterocycles. The Morgan fingerprint density at radius 2 is 1.45 bits per heavy atom. The van der Waals surface area contributed by atoms with Crippen LogP contribution in [0.4, 0.5) is 4.79 Å². The molecular formula is C23H26O6. The van der Waals surface area contributed by atoms with Gasteiger partial charge in [-0.25, -0.2) is 9.59 Å². The van der Waals surface area contributed by atoms with E-state index in [1.807, 2.05) is 0 Å². The van der Waals surface area contributed by atoms with Gasteiger partial charge in [0.25, 0.3) is 0 Å². The van der Waals surface area contributed by atoms with Gasteiger partial charge in [-0.1, -0.05) is 31.9 Å². The van der Waals surface area contributed by atoms with Crippen LogP contribution in [0.1, 0.15) is 38.7 Å². The number of carbonyl (C=O) groups is 2. The van der Waals surface area contributed by atoms with Crippen LogP contribution in [0.3, 0.4) is 0 Å². The molecule has 0 unspecified atom stereocenters. The Morgan fingerprint density at radius 3 is 2.10 bits per heavy atom. The van der Waals surface area contributed by atoms with Crippen molar-refractivity contribution < 1.29 is 28.5 Å². The van der Waals surface area contributed by atoms with E-state index >= 15 is 0 Å². The Kier molecular flexibility index (Phi) is 9.29. The number of unbranched alkanes of at least 4 members (excludes halogenated alkanes) is 2. The van der Waals surface area contributed by atoms with Crippen molar-refractivity contribution in [2.45, 2.75) is 33.1 Å². The van der Waals surface area contributed by atoms with Crippen LogP contribution >= 0.6 is 0 Å². The predicted octanol–water partition coefficient (Wildman–Crippen LogP) is 5.41. The van der Waals surface area contributed by atoms with Gasteiger partial charge in [-0.3, -0.25) is 0 Å². The van der Waals surface area contributed by atoms with E-state index in [1.54, 1.807) is 61.5 Å². The topological polar surface area (TPSA) is 71.1 Å². The van der Waals surface area contributed by atoms with Gasteiger partial charge in [-0.2, -0.15) is 0 Å². The number of ether oxygens (including phenoxy) is 4. The maximum absolute atomic E-state index is 12.0. The van der Waals surface area contributed by atoms with E-state index in [1.165, 1.54) is 6.08 Å².